The van der Waals surface area contributed by atoms with Gasteiger partial charge in [-0.05, 0) is 37.3 Å². The summed E-state index contributed by atoms with van der Waals surface area (Å²) in [5.74, 6) is -3.84. The molecule has 0 bridgehead atoms. The molecule has 1 aromatic heterocycles. The molecule has 4 rings (SSSR count). The number of aromatic nitrogens is 1. The predicted octanol–water partition coefficient (Wildman–Crippen LogP) is 4.66. The number of carbonyl (C=O) groups is 3. The van der Waals surface area contributed by atoms with Crippen LogP contribution in [0.25, 0.3) is 5.76 Å². The Labute approximate surface area is 196 Å². The number of esters is 1. The van der Waals surface area contributed by atoms with Crippen molar-refractivity contribution in [1.82, 2.24) is 4.98 Å². The SMILES string of the molecule is COC(=O)c1sc(N2C(=O)C(=O)/C(=C(/O)c3ccc(Cl)cc3)C2c2ccccc2F)nc1C. The minimum Gasteiger partial charge on any atom is -0.507 e. The number of carbonyl (C=O) groups excluding carboxylic acids is 3. The zero-order chi connectivity index (χ0) is 23.9. The average Bonchev–Trinajstić information content (AvgIpc) is 3.30. The van der Waals surface area contributed by atoms with Crippen molar-refractivity contribution in [2.75, 3.05) is 12.0 Å². The number of halogens is 2. The van der Waals surface area contributed by atoms with Crippen LogP contribution in [0, 0.1) is 12.7 Å². The molecule has 1 fully saturated rings. The molecule has 1 saturated heterocycles. The molecule has 7 nitrogen and oxygen atoms in total. The lowest BCUT2D eigenvalue weighted by Gasteiger charge is -2.23. The molecule has 0 aliphatic carbocycles. The number of methoxy groups -OCH3 is 1. The van der Waals surface area contributed by atoms with Crippen LogP contribution >= 0.6 is 22.9 Å². The summed E-state index contributed by atoms with van der Waals surface area (Å²) in [6.07, 6.45) is 0. The van der Waals surface area contributed by atoms with Gasteiger partial charge in [-0.25, -0.2) is 14.2 Å². The summed E-state index contributed by atoms with van der Waals surface area (Å²) in [6.45, 7) is 1.55. The molecule has 0 saturated carbocycles. The molecule has 10 heteroatoms. The molecule has 1 unspecified atom stereocenters. The fourth-order valence-corrected chi connectivity index (χ4v) is 4.69. The average molecular weight is 487 g/mol. The fourth-order valence-electron chi connectivity index (χ4n) is 3.55. The number of aliphatic hydroxyl groups excluding tert-OH is 1. The van der Waals surface area contributed by atoms with Gasteiger partial charge in [-0.1, -0.05) is 41.1 Å². The molecule has 1 aliphatic rings. The van der Waals surface area contributed by atoms with Crippen LogP contribution in [-0.2, 0) is 14.3 Å². The summed E-state index contributed by atoms with van der Waals surface area (Å²) in [5, 5.41) is 11.4. The quantitative estimate of drug-likeness (QED) is 0.249. The number of thiazole rings is 1. The van der Waals surface area contributed by atoms with Crippen molar-refractivity contribution in [2.24, 2.45) is 0 Å². The Hall–Kier alpha value is -3.56. The highest BCUT2D eigenvalue weighted by atomic mass is 35.5. The molecular weight excluding hydrogens is 471 g/mol. The normalized spacial score (nSPS) is 17.5. The lowest BCUT2D eigenvalue weighted by atomic mass is 9.95. The number of hydrogen-bond acceptors (Lipinski definition) is 7. The van der Waals surface area contributed by atoms with Crippen LogP contribution in [0.2, 0.25) is 5.02 Å². The molecule has 2 heterocycles. The first kappa shape index (κ1) is 22.6. The number of anilines is 1. The number of ether oxygens (including phenoxy) is 1. The van der Waals surface area contributed by atoms with Crippen molar-refractivity contribution in [3.05, 3.63) is 86.6 Å². The zero-order valence-corrected chi connectivity index (χ0v) is 18.9. The van der Waals surface area contributed by atoms with Gasteiger partial charge in [0.2, 0.25) is 0 Å². The lowest BCUT2D eigenvalue weighted by molar-refractivity contribution is -0.132. The Balaban J connectivity index is 1.95. The number of rotatable bonds is 4. The third-order valence-electron chi connectivity index (χ3n) is 5.12. The maximum absolute atomic E-state index is 14.9. The number of aryl methyl sites for hydroxylation is 1. The van der Waals surface area contributed by atoms with E-state index < -0.39 is 35.3 Å². The van der Waals surface area contributed by atoms with Crippen LogP contribution in [0.5, 0.6) is 0 Å². The second kappa shape index (κ2) is 8.76. The number of aliphatic hydroxyl groups is 1. The number of hydrogen-bond donors (Lipinski definition) is 1. The third kappa shape index (κ3) is 3.90. The number of nitrogens with zero attached hydrogens (tertiary/aromatic N) is 2. The topological polar surface area (TPSA) is 96.8 Å². The van der Waals surface area contributed by atoms with E-state index in [0.717, 1.165) is 16.2 Å². The number of amides is 1. The molecular formula is C23H16ClFN2O5S. The van der Waals surface area contributed by atoms with Crippen molar-refractivity contribution in [3.63, 3.8) is 0 Å². The van der Waals surface area contributed by atoms with E-state index in [9.17, 15) is 23.9 Å². The van der Waals surface area contributed by atoms with Gasteiger partial charge < -0.3 is 9.84 Å². The molecule has 33 heavy (non-hydrogen) atoms. The van der Waals surface area contributed by atoms with Crippen LogP contribution in [0.15, 0.2) is 54.1 Å². The van der Waals surface area contributed by atoms with Gasteiger partial charge >= 0.3 is 11.9 Å². The van der Waals surface area contributed by atoms with Gasteiger partial charge in [-0.3, -0.25) is 14.5 Å². The van der Waals surface area contributed by atoms with Crippen molar-refractivity contribution in [2.45, 2.75) is 13.0 Å². The van der Waals surface area contributed by atoms with Crippen LogP contribution < -0.4 is 4.90 Å². The van der Waals surface area contributed by atoms with E-state index in [0.29, 0.717) is 5.02 Å². The molecule has 0 radical (unpaired) electrons. The van der Waals surface area contributed by atoms with Crippen molar-refractivity contribution in [1.29, 1.82) is 0 Å². The first-order valence-electron chi connectivity index (χ1n) is 9.61. The van der Waals surface area contributed by atoms with Crippen molar-refractivity contribution >= 4 is 51.5 Å². The Morgan fingerprint density at radius 2 is 1.85 bits per heavy atom. The van der Waals surface area contributed by atoms with Gasteiger partial charge in [0.1, 0.15) is 22.5 Å². The van der Waals surface area contributed by atoms with Crippen LogP contribution in [-0.4, -0.2) is 34.9 Å². The van der Waals surface area contributed by atoms with Gasteiger partial charge in [0, 0.05) is 16.1 Å². The standard InChI is InChI=1S/C23H16ClFN2O5S/c1-11-20(22(31)32-2)33-23(26-11)27-17(14-5-3-4-6-15(14)25)16(19(29)21(27)30)18(28)12-7-9-13(24)10-8-12/h3-10,17,28H,1-2H3/b18-16+. The Morgan fingerprint density at radius 1 is 1.18 bits per heavy atom. The van der Waals surface area contributed by atoms with E-state index in [4.69, 9.17) is 16.3 Å². The smallest absolute Gasteiger partial charge is 0.350 e. The van der Waals surface area contributed by atoms with Crippen LogP contribution in [0.1, 0.15) is 32.5 Å². The summed E-state index contributed by atoms with van der Waals surface area (Å²) in [7, 11) is 1.21. The molecule has 1 amide bonds. The van der Waals surface area contributed by atoms with Gasteiger partial charge in [-0.2, -0.15) is 0 Å². The molecule has 1 atom stereocenters. The molecule has 2 aromatic carbocycles. The second-order valence-electron chi connectivity index (χ2n) is 7.10. The highest BCUT2D eigenvalue weighted by Crippen LogP contribution is 2.44. The van der Waals surface area contributed by atoms with Gasteiger partial charge in [0.15, 0.2) is 5.13 Å². The third-order valence-corrected chi connectivity index (χ3v) is 6.51. The van der Waals surface area contributed by atoms with Gasteiger partial charge in [0.05, 0.1) is 18.4 Å². The molecule has 1 N–H and O–H groups in total. The largest absolute Gasteiger partial charge is 0.507 e. The minimum atomic E-state index is -1.31. The first-order chi connectivity index (χ1) is 15.7. The highest BCUT2D eigenvalue weighted by Gasteiger charge is 2.49. The molecule has 1 aliphatic heterocycles. The number of Topliss-reactive ketones (excluding diaryl/α,β-unsaturated/α-hetero) is 1. The van der Waals surface area contributed by atoms with E-state index in [1.165, 1.54) is 49.6 Å². The van der Waals surface area contributed by atoms with Gasteiger partial charge in [-0.15, -0.1) is 0 Å². The van der Waals surface area contributed by atoms with Crippen LogP contribution in [0.4, 0.5) is 9.52 Å². The molecule has 3 aromatic rings. The molecule has 168 valence electrons. The number of ketones is 1. The van der Waals surface area contributed by atoms with Crippen molar-refractivity contribution < 1.29 is 28.6 Å². The summed E-state index contributed by atoms with van der Waals surface area (Å²) < 4.78 is 19.6. The Kier molecular flexibility index (Phi) is 6.01. The maximum atomic E-state index is 14.9. The van der Waals surface area contributed by atoms with E-state index >= 15 is 0 Å². The maximum Gasteiger partial charge on any atom is 0.350 e. The zero-order valence-electron chi connectivity index (χ0n) is 17.3. The summed E-state index contributed by atoms with van der Waals surface area (Å²) in [6, 6.07) is 10.3. The predicted molar refractivity (Wildman–Crippen MR) is 121 cm³/mol. The minimum absolute atomic E-state index is 0.00147. The van der Waals surface area contributed by atoms with E-state index in [1.807, 2.05) is 0 Å². The Morgan fingerprint density at radius 3 is 2.48 bits per heavy atom. The second-order valence-corrected chi connectivity index (χ2v) is 8.51. The fraction of sp³-hybridized carbons (Fsp3) is 0.130. The first-order valence-corrected chi connectivity index (χ1v) is 10.8. The summed E-state index contributed by atoms with van der Waals surface area (Å²) >= 11 is 6.74. The van der Waals surface area contributed by atoms with E-state index in [2.05, 4.69) is 4.98 Å². The lowest BCUT2D eigenvalue weighted by Crippen LogP contribution is -2.29. The monoisotopic (exact) mass is 486 g/mol. The van der Waals surface area contributed by atoms with E-state index in [1.54, 1.807) is 13.0 Å². The van der Waals surface area contributed by atoms with Crippen LogP contribution in [0.3, 0.4) is 0 Å². The highest BCUT2D eigenvalue weighted by molar-refractivity contribution is 7.17. The van der Waals surface area contributed by atoms with Crippen molar-refractivity contribution in [3.8, 4) is 0 Å². The number of benzene rings is 2. The molecule has 0 spiro atoms. The Bertz CT molecular complexity index is 1320. The van der Waals surface area contributed by atoms with Gasteiger partial charge in [0.25, 0.3) is 5.78 Å². The summed E-state index contributed by atoms with van der Waals surface area (Å²) in [4.78, 5) is 43.6. The summed E-state index contributed by atoms with van der Waals surface area (Å²) in [5.41, 5.74) is 0.192. The van der Waals surface area contributed by atoms with E-state index in [-0.39, 0.29) is 32.4 Å².